The van der Waals surface area contributed by atoms with Crippen molar-refractivity contribution in [2.24, 2.45) is 0 Å². The standard InChI is InChI=1S/C10H6N6OS/c11-4-8-12-6-16(15-8)5-9-13-14-10(17-9)7-2-1-3-18-7/h1-3,6H,5H2. The molecule has 3 heterocycles. The lowest BCUT2D eigenvalue weighted by Gasteiger charge is -1.92. The normalized spacial score (nSPS) is 10.4. The first kappa shape index (κ1) is 10.6. The van der Waals surface area contributed by atoms with Gasteiger partial charge in [-0.25, -0.2) is 9.67 Å². The maximum Gasteiger partial charge on any atom is 0.257 e. The minimum absolute atomic E-state index is 0.119. The largest absolute Gasteiger partial charge is 0.418 e. The van der Waals surface area contributed by atoms with Gasteiger partial charge in [-0.15, -0.1) is 26.6 Å². The highest BCUT2D eigenvalue weighted by Crippen LogP contribution is 2.22. The van der Waals surface area contributed by atoms with E-state index in [1.54, 1.807) is 0 Å². The number of nitrogens with zero attached hydrogens (tertiary/aromatic N) is 6. The molecule has 0 aliphatic carbocycles. The van der Waals surface area contributed by atoms with Crippen molar-refractivity contribution in [1.82, 2.24) is 25.0 Å². The van der Waals surface area contributed by atoms with Gasteiger partial charge in [0.1, 0.15) is 18.9 Å². The summed E-state index contributed by atoms with van der Waals surface area (Å²) < 4.78 is 6.97. The summed E-state index contributed by atoms with van der Waals surface area (Å²) in [6.07, 6.45) is 1.45. The molecule has 0 unspecified atom stereocenters. The molecule has 0 amide bonds. The van der Waals surface area contributed by atoms with Gasteiger partial charge in [-0.2, -0.15) is 5.26 Å². The van der Waals surface area contributed by atoms with Crippen LogP contribution in [0.4, 0.5) is 0 Å². The fourth-order valence-corrected chi connectivity index (χ4v) is 2.02. The Balaban J connectivity index is 1.80. The Kier molecular flexibility index (Phi) is 2.59. The van der Waals surface area contributed by atoms with Crippen LogP contribution in [0.2, 0.25) is 0 Å². The van der Waals surface area contributed by atoms with E-state index in [1.165, 1.54) is 22.3 Å². The predicted molar refractivity (Wildman–Crippen MR) is 61.5 cm³/mol. The van der Waals surface area contributed by atoms with Crippen LogP contribution in [-0.2, 0) is 6.54 Å². The molecule has 8 heteroatoms. The molecule has 3 rings (SSSR count). The summed E-state index contributed by atoms with van der Waals surface area (Å²) in [6, 6.07) is 5.68. The zero-order valence-electron chi connectivity index (χ0n) is 9.02. The van der Waals surface area contributed by atoms with Crippen molar-refractivity contribution in [3.63, 3.8) is 0 Å². The second kappa shape index (κ2) is 4.38. The second-order valence-corrected chi connectivity index (χ2v) is 4.30. The number of aromatic nitrogens is 5. The molecular weight excluding hydrogens is 252 g/mol. The van der Waals surface area contributed by atoms with Gasteiger partial charge >= 0.3 is 0 Å². The lowest BCUT2D eigenvalue weighted by atomic mass is 10.5. The van der Waals surface area contributed by atoms with Crippen molar-refractivity contribution in [1.29, 1.82) is 5.26 Å². The monoisotopic (exact) mass is 258 g/mol. The van der Waals surface area contributed by atoms with Crippen molar-refractivity contribution in [2.45, 2.75) is 6.54 Å². The first-order valence-electron chi connectivity index (χ1n) is 5.01. The maximum atomic E-state index is 8.61. The van der Waals surface area contributed by atoms with Crippen LogP contribution < -0.4 is 0 Å². The Morgan fingerprint density at radius 3 is 3.11 bits per heavy atom. The van der Waals surface area contributed by atoms with Crippen molar-refractivity contribution in [2.75, 3.05) is 0 Å². The molecule has 7 nitrogen and oxygen atoms in total. The van der Waals surface area contributed by atoms with Crippen molar-refractivity contribution < 1.29 is 4.42 Å². The van der Waals surface area contributed by atoms with Gasteiger partial charge in [0.05, 0.1) is 4.88 Å². The highest BCUT2D eigenvalue weighted by molar-refractivity contribution is 7.13. The van der Waals surface area contributed by atoms with Crippen LogP contribution >= 0.6 is 11.3 Å². The van der Waals surface area contributed by atoms with Crippen LogP contribution in [0, 0.1) is 11.3 Å². The molecule has 0 aromatic carbocycles. The van der Waals surface area contributed by atoms with Crippen molar-refractivity contribution in [3.05, 3.63) is 35.6 Å². The third kappa shape index (κ3) is 1.99. The molecule has 0 saturated heterocycles. The van der Waals surface area contributed by atoms with Crippen molar-refractivity contribution in [3.8, 4) is 16.8 Å². The number of hydrogen-bond acceptors (Lipinski definition) is 7. The summed E-state index contributed by atoms with van der Waals surface area (Å²) >= 11 is 1.53. The van der Waals surface area contributed by atoms with E-state index < -0.39 is 0 Å². The smallest absolute Gasteiger partial charge is 0.257 e. The van der Waals surface area contributed by atoms with Gasteiger partial charge < -0.3 is 4.42 Å². The molecule has 0 fully saturated rings. The van der Waals surface area contributed by atoms with Crippen LogP contribution in [0.3, 0.4) is 0 Å². The molecule has 18 heavy (non-hydrogen) atoms. The van der Waals surface area contributed by atoms with Crippen LogP contribution in [0.25, 0.3) is 10.8 Å². The Labute approximate surface area is 105 Å². The molecular formula is C10H6N6OS. The maximum absolute atomic E-state index is 8.61. The van der Waals surface area contributed by atoms with Gasteiger partial charge in [-0.3, -0.25) is 0 Å². The molecule has 0 saturated carbocycles. The molecule has 0 bridgehead atoms. The van der Waals surface area contributed by atoms with E-state index in [4.69, 9.17) is 9.68 Å². The molecule has 0 aliphatic rings. The summed E-state index contributed by atoms with van der Waals surface area (Å²) in [4.78, 5) is 4.71. The SMILES string of the molecule is N#Cc1ncn(Cc2nnc(-c3cccs3)o2)n1. The molecule has 3 aromatic heterocycles. The summed E-state index contributed by atoms with van der Waals surface area (Å²) in [6.45, 7) is 0.299. The molecule has 3 aromatic rings. The third-order valence-corrected chi connectivity index (χ3v) is 2.99. The van der Waals surface area contributed by atoms with E-state index in [0.29, 0.717) is 18.3 Å². The summed E-state index contributed by atoms with van der Waals surface area (Å²) in [5.74, 6) is 1.03. The van der Waals surface area contributed by atoms with E-state index in [9.17, 15) is 0 Å². The fraction of sp³-hybridized carbons (Fsp3) is 0.100. The fourth-order valence-electron chi connectivity index (χ4n) is 1.38. The number of rotatable bonds is 3. The first-order chi connectivity index (χ1) is 8.85. The summed E-state index contributed by atoms with van der Waals surface area (Å²) in [7, 11) is 0. The molecule has 0 N–H and O–H groups in total. The summed E-state index contributed by atoms with van der Waals surface area (Å²) in [5.41, 5.74) is 0. The van der Waals surface area contributed by atoms with Crippen LogP contribution in [0.15, 0.2) is 28.3 Å². The Morgan fingerprint density at radius 2 is 2.39 bits per heavy atom. The van der Waals surface area contributed by atoms with Gasteiger partial charge in [0.2, 0.25) is 5.89 Å². The van der Waals surface area contributed by atoms with Gasteiger partial charge in [0.15, 0.2) is 0 Å². The van der Waals surface area contributed by atoms with Gasteiger partial charge in [0, 0.05) is 0 Å². The van der Waals surface area contributed by atoms with E-state index in [2.05, 4.69) is 20.3 Å². The average molecular weight is 258 g/mol. The highest BCUT2D eigenvalue weighted by atomic mass is 32.1. The lowest BCUT2D eigenvalue weighted by molar-refractivity contribution is 0.474. The van der Waals surface area contributed by atoms with E-state index in [0.717, 1.165) is 4.88 Å². The van der Waals surface area contributed by atoms with E-state index in [-0.39, 0.29) is 5.82 Å². The second-order valence-electron chi connectivity index (χ2n) is 3.36. The topological polar surface area (TPSA) is 93.4 Å². The van der Waals surface area contributed by atoms with Crippen LogP contribution in [-0.4, -0.2) is 25.0 Å². The molecule has 88 valence electrons. The number of thiophene rings is 1. The zero-order valence-corrected chi connectivity index (χ0v) is 9.83. The quantitative estimate of drug-likeness (QED) is 0.703. The van der Waals surface area contributed by atoms with Gasteiger partial charge in [-0.1, -0.05) is 6.07 Å². The molecule has 0 spiro atoms. The average Bonchev–Trinajstić information content (AvgIpc) is 3.10. The van der Waals surface area contributed by atoms with E-state index >= 15 is 0 Å². The van der Waals surface area contributed by atoms with Crippen LogP contribution in [0.1, 0.15) is 11.7 Å². The van der Waals surface area contributed by atoms with Crippen LogP contribution in [0.5, 0.6) is 0 Å². The molecule has 0 radical (unpaired) electrons. The molecule has 0 atom stereocenters. The minimum Gasteiger partial charge on any atom is -0.418 e. The Morgan fingerprint density at radius 1 is 1.44 bits per heavy atom. The van der Waals surface area contributed by atoms with E-state index in [1.807, 2.05) is 23.6 Å². The number of nitriles is 1. The molecule has 0 aliphatic heterocycles. The van der Waals surface area contributed by atoms with Crippen molar-refractivity contribution >= 4 is 11.3 Å². The predicted octanol–water partition coefficient (Wildman–Crippen LogP) is 1.31. The minimum atomic E-state index is 0.119. The third-order valence-electron chi connectivity index (χ3n) is 2.13. The van der Waals surface area contributed by atoms with Gasteiger partial charge in [-0.05, 0) is 11.4 Å². The number of hydrogen-bond donors (Lipinski definition) is 0. The Bertz CT molecular complexity index is 692. The highest BCUT2D eigenvalue weighted by Gasteiger charge is 2.10. The zero-order chi connectivity index (χ0) is 12.4. The van der Waals surface area contributed by atoms with Gasteiger partial charge in [0.25, 0.3) is 11.7 Å². The summed E-state index contributed by atoms with van der Waals surface area (Å²) in [5, 5.41) is 22.3. The Hall–Kier alpha value is -2.53. The lowest BCUT2D eigenvalue weighted by Crippen LogP contribution is -2.00. The first-order valence-corrected chi connectivity index (χ1v) is 5.89.